The second-order valence-corrected chi connectivity index (χ2v) is 4.88. The van der Waals surface area contributed by atoms with Crippen molar-refractivity contribution >= 4 is 22.1 Å². The number of halogens is 1. The molecule has 5 nitrogen and oxygen atoms in total. The molecule has 1 radical (unpaired) electrons. The number of nitrogens with one attached hydrogen (secondary N) is 2. The summed E-state index contributed by atoms with van der Waals surface area (Å²) in [5.74, 6) is -0.565. The van der Waals surface area contributed by atoms with E-state index in [1.54, 1.807) is 0 Å². The van der Waals surface area contributed by atoms with Gasteiger partial charge in [-0.1, -0.05) is 6.07 Å². The first-order valence-electron chi connectivity index (χ1n) is 4.28. The number of hydrogen-bond donors (Lipinski definition) is 2. The molecule has 16 heavy (non-hydrogen) atoms. The third-order valence-electron chi connectivity index (χ3n) is 1.72. The molecule has 0 fully saturated rings. The van der Waals surface area contributed by atoms with Crippen LogP contribution in [0.4, 0.5) is 10.1 Å². The molecule has 2 N–H and O–H groups in total. The van der Waals surface area contributed by atoms with Crippen LogP contribution in [0.15, 0.2) is 18.2 Å². The predicted octanol–water partition coefficient (Wildman–Crippen LogP) is 0.354. The second kappa shape index (κ2) is 4.93. The van der Waals surface area contributed by atoms with E-state index in [-0.39, 0.29) is 12.2 Å². The van der Waals surface area contributed by atoms with E-state index in [1.807, 2.05) is 0 Å². The molecule has 1 aromatic carbocycles. The maximum atomic E-state index is 12.9. The summed E-state index contributed by atoms with van der Waals surface area (Å²) < 4.78 is 37.1. The highest BCUT2D eigenvalue weighted by molar-refractivity contribution is 7.92. The van der Waals surface area contributed by atoms with Gasteiger partial charge in [0.1, 0.15) is 5.82 Å². The van der Waals surface area contributed by atoms with Crippen LogP contribution in [0.2, 0.25) is 0 Å². The summed E-state index contributed by atoms with van der Waals surface area (Å²) in [5.41, 5.74) is 0.556. The molecule has 87 valence electrons. The third-order valence-corrected chi connectivity index (χ3v) is 2.31. The number of hydrogen-bond acceptors (Lipinski definition) is 3. The number of anilines is 1. The number of benzene rings is 1. The van der Waals surface area contributed by atoms with Crippen molar-refractivity contribution < 1.29 is 17.6 Å². The minimum Gasteiger partial charge on any atom is -0.344 e. The fraction of sp³-hybridized carbons (Fsp3) is 0.222. The van der Waals surface area contributed by atoms with E-state index in [4.69, 9.17) is 0 Å². The minimum atomic E-state index is -3.48. The quantitative estimate of drug-likeness (QED) is 0.735. The topological polar surface area (TPSA) is 75.3 Å². The highest BCUT2D eigenvalue weighted by atomic mass is 32.2. The van der Waals surface area contributed by atoms with Crippen LogP contribution in [0.3, 0.4) is 0 Å². The molecular formula is C9H10FN2O3S. The Kier molecular flexibility index (Phi) is 3.83. The van der Waals surface area contributed by atoms with Crippen LogP contribution in [-0.4, -0.2) is 21.1 Å². The van der Waals surface area contributed by atoms with Gasteiger partial charge in [0, 0.05) is 6.54 Å². The summed E-state index contributed by atoms with van der Waals surface area (Å²) in [6.07, 6.45) is 2.41. The van der Waals surface area contributed by atoms with Crippen LogP contribution in [-0.2, 0) is 21.4 Å². The first kappa shape index (κ1) is 12.4. The number of sulfonamides is 1. The van der Waals surface area contributed by atoms with Crippen molar-refractivity contribution in [2.24, 2.45) is 0 Å². The molecule has 1 rings (SSSR count). The van der Waals surface area contributed by atoms with Gasteiger partial charge in [-0.2, -0.15) is 0 Å². The zero-order valence-corrected chi connectivity index (χ0v) is 9.27. The summed E-state index contributed by atoms with van der Waals surface area (Å²) in [6, 6.07) is 3.60. The lowest BCUT2D eigenvalue weighted by atomic mass is 10.2. The van der Waals surface area contributed by atoms with Gasteiger partial charge in [0.05, 0.1) is 11.9 Å². The standard InChI is InChI=1S/C9H10FN2O3S/c1-16(14,15)12-9-4-8(10)3-2-7(9)5-11-6-13/h2-4,12H,5H2,1H3,(H,11,13). The second-order valence-electron chi connectivity index (χ2n) is 3.13. The largest absolute Gasteiger partial charge is 0.344 e. The van der Waals surface area contributed by atoms with Gasteiger partial charge in [-0.15, -0.1) is 0 Å². The predicted molar refractivity (Wildman–Crippen MR) is 57.4 cm³/mol. The van der Waals surface area contributed by atoms with Crippen molar-refractivity contribution in [3.63, 3.8) is 0 Å². The van der Waals surface area contributed by atoms with Crippen molar-refractivity contribution in [2.45, 2.75) is 6.54 Å². The SMILES string of the molecule is CS(=O)(=O)Nc1cc(F)ccc1CN[C]=O. The first-order valence-corrected chi connectivity index (χ1v) is 6.18. The number of carbonyl (C=O) groups excluding carboxylic acids is 1. The summed E-state index contributed by atoms with van der Waals surface area (Å²) in [7, 11) is -3.48. The Hall–Kier alpha value is -1.63. The Morgan fingerprint density at radius 3 is 2.69 bits per heavy atom. The molecule has 0 heterocycles. The van der Waals surface area contributed by atoms with Crippen molar-refractivity contribution in [3.05, 3.63) is 29.6 Å². The first-order chi connectivity index (χ1) is 7.42. The van der Waals surface area contributed by atoms with Gasteiger partial charge < -0.3 is 5.32 Å². The molecule has 0 unspecified atom stereocenters. The molecule has 0 saturated carbocycles. The van der Waals surface area contributed by atoms with Crippen molar-refractivity contribution in [2.75, 3.05) is 11.0 Å². The molecule has 1 aromatic rings. The lowest BCUT2D eigenvalue weighted by Gasteiger charge is -2.09. The van der Waals surface area contributed by atoms with Crippen molar-refractivity contribution in [3.8, 4) is 0 Å². The van der Waals surface area contributed by atoms with Gasteiger partial charge in [-0.3, -0.25) is 9.52 Å². The number of amides is 1. The van der Waals surface area contributed by atoms with Crippen LogP contribution in [0.5, 0.6) is 0 Å². The fourth-order valence-electron chi connectivity index (χ4n) is 1.13. The van der Waals surface area contributed by atoms with Crippen LogP contribution < -0.4 is 10.0 Å². The van der Waals surface area contributed by atoms with Crippen molar-refractivity contribution in [1.82, 2.24) is 5.32 Å². The van der Waals surface area contributed by atoms with Crippen molar-refractivity contribution in [1.29, 1.82) is 0 Å². The Morgan fingerprint density at radius 1 is 1.44 bits per heavy atom. The van der Waals surface area contributed by atoms with Gasteiger partial charge >= 0.3 is 6.41 Å². The molecule has 0 atom stereocenters. The van der Waals surface area contributed by atoms with E-state index in [0.29, 0.717) is 5.56 Å². The maximum Gasteiger partial charge on any atom is 0.309 e. The summed E-state index contributed by atoms with van der Waals surface area (Å²) in [4.78, 5) is 9.99. The van der Waals surface area contributed by atoms with Gasteiger partial charge in [0.15, 0.2) is 0 Å². The van der Waals surface area contributed by atoms with E-state index in [9.17, 15) is 17.6 Å². The van der Waals surface area contributed by atoms with E-state index in [2.05, 4.69) is 10.0 Å². The monoisotopic (exact) mass is 245 g/mol. The van der Waals surface area contributed by atoms with Crippen LogP contribution in [0.1, 0.15) is 5.56 Å². The van der Waals surface area contributed by atoms with Crippen LogP contribution in [0, 0.1) is 5.82 Å². The Balaban J connectivity index is 3.02. The molecule has 0 spiro atoms. The molecular weight excluding hydrogens is 235 g/mol. The van der Waals surface area contributed by atoms with E-state index in [0.717, 1.165) is 12.3 Å². The highest BCUT2D eigenvalue weighted by Gasteiger charge is 2.08. The Bertz CT molecular complexity index is 488. The van der Waals surface area contributed by atoms with Crippen LogP contribution >= 0.6 is 0 Å². The summed E-state index contributed by atoms with van der Waals surface area (Å²) >= 11 is 0. The average molecular weight is 245 g/mol. The van der Waals surface area contributed by atoms with E-state index < -0.39 is 15.8 Å². The lowest BCUT2D eigenvalue weighted by molar-refractivity contribution is 0.542. The smallest absolute Gasteiger partial charge is 0.309 e. The average Bonchev–Trinajstić information content (AvgIpc) is 2.14. The summed E-state index contributed by atoms with van der Waals surface area (Å²) in [5, 5.41) is 2.25. The van der Waals surface area contributed by atoms with Gasteiger partial charge in [0.2, 0.25) is 10.0 Å². The van der Waals surface area contributed by atoms with Gasteiger partial charge in [-0.25, -0.2) is 12.8 Å². The molecule has 0 bridgehead atoms. The molecule has 0 aliphatic rings. The lowest BCUT2D eigenvalue weighted by Crippen LogP contribution is -2.15. The molecule has 0 aromatic heterocycles. The molecule has 0 aliphatic heterocycles. The fourth-order valence-corrected chi connectivity index (χ4v) is 1.72. The number of rotatable bonds is 5. The maximum absolute atomic E-state index is 12.9. The van der Waals surface area contributed by atoms with Gasteiger partial charge in [0.25, 0.3) is 0 Å². The molecule has 0 saturated heterocycles. The van der Waals surface area contributed by atoms with E-state index >= 15 is 0 Å². The summed E-state index contributed by atoms with van der Waals surface area (Å²) in [6.45, 7) is 0.0711. The minimum absolute atomic E-state index is 0.0711. The van der Waals surface area contributed by atoms with E-state index in [1.165, 1.54) is 18.5 Å². The molecule has 1 amide bonds. The normalized spacial score (nSPS) is 10.9. The molecule has 0 aliphatic carbocycles. The highest BCUT2D eigenvalue weighted by Crippen LogP contribution is 2.18. The Morgan fingerprint density at radius 2 is 2.12 bits per heavy atom. The third kappa shape index (κ3) is 3.85. The zero-order valence-electron chi connectivity index (χ0n) is 8.45. The zero-order chi connectivity index (χ0) is 12.2. The Labute approximate surface area is 92.7 Å². The molecule has 7 heteroatoms. The van der Waals surface area contributed by atoms with Gasteiger partial charge in [-0.05, 0) is 17.7 Å². The van der Waals surface area contributed by atoms with Crippen LogP contribution in [0.25, 0.3) is 0 Å².